The van der Waals surface area contributed by atoms with Crippen LogP contribution in [0.1, 0.15) is 27.6 Å². The van der Waals surface area contributed by atoms with Crippen molar-refractivity contribution in [3.63, 3.8) is 0 Å². The monoisotopic (exact) mass is 389 g/mol. The highest BCUT2D eigenvalue weighted by Gasteiger charge is 2.18. The number of aromatic nitrogens is 2. The summed E-state index contributed by atoms with van der Waals surface area (Å²) in [5.74, 6) is 1.51. The summed E-state index contributed by atoms with van der Waals surface area (Å²) < 4.78 is 13.5. The highest BCUT2D eigenvalue weighted by molar-refractivity contribution is 5.91. The summed E-state index contributed by atoms with van der Waals surface area (Å²) in [4.78, 5) is 14.3. The zero-order chi connectivity index (χ0) is 20.4. The fraction of sp³-hybridized carbons (Fsp3) is 0.217. The Morgan fingerprint density at radius 1 is 1.14 bits per heavy atom. The van der Waals surface area contributed by atoms with Crippen LogP contribution in [0.4, 0.5) is 0 Å². The molecule has 2 aromatic carbocycles. The van der Waals surface area contributed by atoms with Crippen LogP contribution in [0.5, 0.6) is 5.75 Å². The first kappa shape index (κ1) is 18.8. The highest BCUT2D eigenvalue weighted by atomic mass is 16.5. The van der Waals surface area contributed by atoms with Gasteiger partial charge in [-0.1, -0.05) is 36.4 Å². The largest absolute Gasteiger partial charge is 0.485 e. The lowest BCUT2D eigenvalue weighted by Gasteiger charge is -2.15. The number of amides is 1. The third-order valence-corrected chi connectivity index (χ3v) is 5.08. The van der Waals surface area contributed by atoms with Gasteiger partial charge in [0.25, 0.3) is 5.91 Å². The SMILES string of the molecule is Cc1c(CN(C)C(=O)c2ccc(COc3cccc4ccccc34)o2)cnn1C. The third kappa shape index (κ3) is 3.87. The average molecular weight is 389 g/mol. The molecule has 0 radical (unpaired) electrons. The first-order valence-corrected chi connectivity index (χ1v) is 9.45. The van der Waals surface area contributed by atoms with Crippen molar-refractivity contribution in [2.24, 2.45) is 7.05 Å². The van der Waals surface area contributed by atoms with E-state index in [2.05, 4.69) is 5.10 Å². The van der Waals surface area contributed by atoms with Crippen molar-refractivity contribution >= 4 is 16.7 Å². The van der Waals surface area contributed by atoms with E-state index < -0.39 is 0 Å². The quantitative estimate of drug-likeness (QED) is 0.493. The van der Waals surface area contributed by atoms with E-state index in [-0.39, 0.29) is 12.5 Å². The number of nitrogens with zero attached hydrogens (tertiary/aromatic N) is 3. The maximum absolute atomic E-state index is 12.7. The molecule has 0 N–H and O–H groups in total. The molecule has 0 bridgehead atoms. The summed E-state index contributed by atoms with van der Waals surface area (Å²) >= 11 is 0. The Labute approximate surface area is 169 Å². The number of aryl methyl sites for hydroxylation is 1. The van der Waals surface area contributed by atoms with E-state index in [1.165, 1.54) is 0 Å². The minimum absolute atomic E-state index is 0.176. The molecule has 1 amide bonds. The van der Waals surface area contributed by atoms with Gasteiger partial charge < -0.3 is 14.1 Å². The van der Waals surface area contributed by atoms with Crippen molar-refractivity contribution in [2.75, 3.05) is 7.05 Å². The number of hydrogen-bond donors (Lipinski definition) is 0. The van der Waals surface area contributed by atoms with E-state index in [9.17, 15) is 4.79 Å². The standard InChI is InChI=1S/C23H23N3O3/c1-16-18(13-24-26(16)3)14-25(2)23(27)22-12-11-19(29-22)15-28-21-10-6-8-17-7-4-5-9-20(17)21/h4-13H,14-15H2,1-3H3. The Kier molecular flexibility index (Phi) is 5.08. The second kappa shape index (κ2) is 7.83. The summed E-state index contributed by atoms with van der Waals surface area (Å²) in [6.07, 6.45) is 1.78. The molecule has 2 heterocycles. The molecule has 29 heavy (non-hydrogen) atoms. The summed E-state index contributed by atoms with van der Waals surface area (Å²) in [5.41, 5.74) is 2.04. The van der Waals surface area contributed by atoms with Crippen molar-refractivity contribution in [2.45, 2.75) is 20.1 Å². The summed E-state index contributed by atoms with van der Waals surface area (Å²) in [5, 5.41) is 6.38. The maximum Gasteiger partial charge on any atom is 0.289 e. The van der Waals surface area contributed by atoms with Gasteiger partial charge in [0, 0.05) is 37.3 Å². The van der Waals surface area contributed by atoms with E-state index >= 15 is 0 Å². The number of furan rings is 1. The van der Waals surface area contributed by atoms with E-state index in [1.807, 2.05) is 56.4 Å². The van der Waals surface area contributed by atoms with Gasteiger partial charge >= 0.3 is 0 Å². The molecule has 6 nitrogen and oxygen atoms in total. The van der Waals surface area contributed by atoms with Crippen LogP contribution in [0.2, 0.25) is 0 Å². The lowest BCUT2D eigenvalue weighted by atomic mass is 10.1. The summed E-state index contributed by atoms with van der Waals surface area (Å²) in [6, 6.07) is 17.5. The molecule has 4 rings (SSSR count). The fourth-order valence-electron chi connectivity index (χ4n) is 3.26. The van der Waals surface area contributed by atoms with Crippen molar-refractivity contribution in [3.05, 3.63) is 83.6 Å². The maximum atomic E-state index is 12.7. The highest BCUT2D eigenvalue weighted by Crippen LogP contribution is 2.26. The molecule has 148 valence electrons. The number of carbonyl (C=O) groups is 1. The molecule has 6 heteroatoms. The van der Waals surface area contributed by atoms with Crippen molar-refractivity contribution < 1.29 is 13.9 Å². The Bertz CT molecular complexity index is 1150. The molecule has 0 atom stereocenters. The predicted octanol–water partition coefficient (Wildman–Crippen LogP) is 4.33. The van der Waals surface area contributed by atoms with Gasteiger partial charge in [-0.3, -0.25) is 9.48 Å². The summed E-state index contributed by atoms with van der Waals surface area (Å²) in [6.45, 7) is 2.71. The van der Waals surface area contributed by atoms with Crippen LogP contribution in [0.15, 0.2) is 65.2 Å². The van der Waals surface area contributed by atoms with Crippen LogP contribution in [0.3, 0.4) is 0 Å². The predicted molar refractivity (Wildman–Crippen MR) is 111 cm³/mol. The third-order valence-electron chi connectivity index (χ3n) is 5.08. The number of fused-ring (bicyclic) bond motifs is 1. The molecular weight excluding hydrogens is 366 g/mol. The lowest BCUT2D eigenvalue weighted by Crippen LogP contribution is -2.26. The van der Waals surface area contributed by atoms with Crippen molar-refractivity contribution in [3.8, 4) is 5.75 Å². The van der Waals surface area contributed by atoms with Gasteiger partial charge in [0.15, 0.2) is 5.76 Å². The summed E-state index contributed by atoms with van der Waals surface area (Å²) in [7, 11) is 3.64. The Morgan fingerprint density at radius 2 is 1.93 bits per heavy atom. The number of ether oxygens (including phenoxy) is 1. The van der Waals surface area contributed by atoms with Gasteiger partial charge in [-0.25, -0.2) is 0 Å². The van der Waals surface area contributed by atoms with Gasteiger partial charge in [0.1, 0.15) is 18.1 Å². The Balaban J connectivity index is 1.42. The number of hydrogen-bond acceptors (Lipinski definition) is 4. The topological polar surface area (TPSA) is 60.5 Å². The van der Waals surface area contributed by atoms with Gasteiger partial charge in [0.05, 0.1) is 6.20 Å². The number of carbonyl (C=O) groups excluding carboxylic acids is 1. The Hall–Kier alpha value is -3.54. The van der Waals surface area contributed by atoms with Crippen LogP contribution >= 0.6 is 0 Å². The van der Waals surface area contributed by atoms with Gasteiger partial charge in [0.2, 0.25) is 0 Å². The molecule has 0 saturated heterocycles. The molecule has 0 unspecified atom stereocenters. The van der Waals surface area contributed by atoms with Gasteiger partial charge in [-0.2, -0.15) is 5.10 Å². The number of rotatable bonds is 6. The first-order valence-electron chi connectivity index (χ1n) is 9.45. The van der Waals surface area contributed by atoms with E-state index in [0.717, 1.165) is 27.8 Å². The van der Waals surface area contributed by atoms with E-state index in [0.29, 0.717) is 18.1 Å². The van der Waals surface area contributed by atoms with E-state index in [4.69, 9.17) is 9.15 Å². The first-order chi connectivity index (χ1) is 14.0. The molecule has 2 aromatic heterocycles. The van der Waals surface area contributed by atoms with E-state index in [1.54, 1.807) is 35.0 Å². The van der Waals surface area contributed by atoms with Crippen LogP contribution in [0, 0.1) is 6.92 Å². The lowest BCUT2D eigenvalue weighted by molar-refractivity contribution is 0.0749. The number of benzene rings is 2. The van der Waals surface area contributed by atoms with Crippen LogP contribution in [-0.2, 0) is 20.2 Å². The molecular formula is C23H23N3O3. The smallest absolute Gasteiger partial charge is 0.289 e. The molecule has 4 aromatic rings. The minimum atomic E-state index is -0.176. The van der Waals surface area contributed by atoms with Crippen molar-refractivity contribution in [1.29, 1.82) is 0 Å². The zero-order valence-corrected chi connectivity index (χ0v) is 16.8. The minimum Gasteiger partial charge on any atom is -0.485 e. The van der Waals surface area contributed by atoms with Crippen LogP contribution in [-0.4, -0.2) is 27.6 Å². The Morgan fingerprint density at radius 3 is 2.72 bits per heavy atom. The second-order valence-electron chi connectivity index (χ2n) is 7.07. The van der Waals surface area contributed by atoms with Crippen molar-refractivity contribution in [1.82, 2.24) is 14.7 Å². The van der Waals surface area contributed by atoms with Crippen LogP contribution in [0.25, 0.3) is 10.8 Å². The zero-order valence-electron chi connectivity index (χ0n) is 16.8. The average Bonchev–Trinajstić information content (AvgIpc) is 3.34. The molecule has 0 aliphatic heterocycles. The normalized spacial score (nSPS) is 11.0. The molecule has 0 aliphatic rings. The van der Waals surface area contributed by atoms with Gasteiger partial charge in [-0.05, 0) is 30.5 Å². The molecule has 0 spiro atoms. The van der Waals surface area contributed by atoms with Gasteiger partial charge in [-0.15, -0.1) is 0 Å². The molecule has 0 fully saturated rings. The fourth-order valence-corrected chi connectivity index (χ4v) is 3.26. The van der Waals surface area contributed by atoms with Crippen LogP contribution < -0.4 is 4.74 Å². The molecule has 0 aliphatic carbocycles. The molecule has 0 saturated carbocycles. The second-order valence-corrected chi connectivity index (χ2v) is 7.07.